The van der Waals surface area contributed by atoms with Crippen molar-refractivity contribution in [3.05, 3.63) is 60.2 Å². The van der Waals surface area contributed by atoms with Crippen LogP contribution in [0, 0.1) is 5.41 Å². The standard InChI is InChI=1S/C22H21N5O/c1-22(2)10-15-17(16(28)11-22)20(26-13-6-4-3-5-7-13)18(27-15)14-8-9-23-21-19(14)24-12-25-21/h3-9,12,26-27H,10-11H2,1-2H3,(H,23,24,25). The third-order valence-electron chi connectivity index (χ3n) is 5.28. The number of anilines is 2. The number of pyridine rings is 1. The minimum atomic E-state index is -0.0594. The molecule has 0 saturated carbocycles. The number of nitrogens with one attached hydrogen (secondary N) is 3. The van der Waals surface area contributed by atoms with E-state index >= 15 is 0 Å². The lowest BCUT2D eigenvalue weighted by Crippen LogP contribution is -2.26. The number of carbonyl (C=O) groups is 1. The molecular weight excluding hydrogens is 350 g/mol. The van der Waals surface area contributed by atoms with Crippen LogP contribution in [0.5, 0.6) is 0 Å². The number of rotatable bonds is 3. The average molecular weight is 371 g/mol. The summed E-state index contributed by atoms with van der Waals surface area (Å²) in [5.74, 6) is 0.166. The zero-order valence-corrected chi connectivity index (χ0v) is 15.8. The topological polar surface area (TPSA) is 86.5 Å². The highest BCUT2D eigenvalue weighted by molar-refractivity contribution is 6.09. The largest absolute Gasteiger partial charge is 0.356 e. The van der Waals surface area contributed by atoms with Gasteiger partial charge in [-0.2, -0.15) is 0 Å². The van der Waals surface area contributed by atoms with Crippen LogP contribution >= 0.6 is 0 Å². The molecule has 3 N–H and O–H groups in total. The lowest BCUT2D eigenvalue weighted by Gasteiger charge is -2.28. The van der Waals surface area contributed by atoms with Gasteiger partial charge in [-0.05, 0) is 30.0 Å². The molecule has 140 valence electrons. The van der Waals surface area contributed by atoms with Gasteiger partial charge in [0, 0.05) is 29.6 Å². The van der Waals surface area contributed by atoms with Crippen LogP contribution in [-0.2, 0) is 6.42 Å². The van der Waals surface area contributed by atoms with Crippen LogP contribution in [0.15, 0.2) is 48.9 Å². The number of benzene rings is 1. The molecule has 1 aliphatic rings. The molecule has 0 unspecified atom stereocenters. The third kappa shape index (κ3) is 2.69. The third-order valence-corrected chi connectivity index (χ3v) is 5.28. The maximum Gasteiger partial charge on any atom is 0.167 e. The molecule has 0 saturated heterocycles. The highest BCUT2D eigenvalue weighted by Gasteiger charge is 2.36. The molecule has 3 heterocycles. The summed E-state index contributed by atoms with van der Waals surface area (Å²) in [6, 6.07) is 11.9. The Morgan fingerprint density at radius 3 is 2.71 bits per heavy atom. The van der Waals surface area contributed by atoms with Gasteiger partial charge in [0.05, 0.1) is 23.3 Å². The Kier molecular flexibility index (Phi) is 3.62. The number of hydrogen-bond acceptors (Lipinski definition) is 4. The van der Waals surface area contributed by atoms with Crippen molar-refractivity contribution in [1.82, 2.24) is 19.9 Å². The fraction of sp³-hybridized carbons (Fsp3) is 0.227. The maximum atomic E-state index is 13.1. The van der Waals surface area contributed by atoms with Crippen molar-refractivity contribution in [1.29, 1.82) is 0 Å². The summed E-state index contributed by atoms with van der Waals surface area (Å²) in [5, 5.41) is 3.48. The lowest BCUT2D eigenvalue weighted by molar-refractivity contribution is 0.0912. The molecule has 1 aromatic carbocycles. The molecule has 0 spiro atoms. The zero-order valence-electron chi connectivity index (χ0n) is 15.8. The van der Waals surface area contributed by atoms with E-state index in [0.717, 1.165) is 51.5 Å². The molecular formula is C22H21N5O. The van der Waals surface area contributed by atoms with E-state index in [1.807, 2.05) is 36.4 Å². The molecule has 0 amide bonds. The van der Waals surface area contributed by atoms with E-state index in [0.29, 0.717) is 6.42 Å². The fourth-order valence-corrected chi connectivity index (χ4v) is 4.10. The smallest absolute Gasteiger partial charge is 0.167 e. The predicted molar refractivity (Wildman–Crippen MR) is 110 cm³/mol. The van der Waals surface area contributed by atoms with Crippen molar-refractivity contribution in [2.24, 2.45) is 5.41 Å². The number of nitrogens with zero attached hydrogens (tertiary/aromatic N) is 2. The number of aromatic nitrogens is 4. The molecule has 0 bridgehead atoms. The molecule has 6 heteroatoms. The van der Waals surface area contributed by atoms with Crippen LogP contribution in [0.1, 0.15) is 36.3 Å². The summed E-state index contributed by atoms with van der Waals surface area (Å²) in [6.45, 7) is 4.27. The van der Waals surface area contributed by atoms with Gasteiger partial charge in [-0.3, -0.25) is 4.79 Å². The summed E-state index contributed by atoms with van der Waals surface area (Å²) in [5.41, 5.74) is 6.74. The van der Waals surface area contributed by atoms with Crippen LogP contribution in [0.4, 0.5) is 11.4 Å². The van der Waals surface area contributed by atoms with Gasteiger partial charge in [-0.25, -0.2) is 9.97 Å². The Bertz CT molecular complexity index is 1190. The summed E-state index contributed by atoms with van der Waals surface area (Å²) >= 11 is 0. The van der Waals surface area contributed by atoms with Crippen LogP contribution in [-0.4, -0.2) is 25.7 Å². The Morgan fingerprint density at radius 1 is 1.07 bits per heavy atom. The van der Waals surface area contributed by atoms with Crippen LogP contribution in [0.2, 0.25) is 0 Å². The molecule has 0 atom stereocenters. The number of aromatic amines is 2. The van der Waals surface area contributed by atoms with E-state index in [-0.39, 0.29) is 11.2 Å². The fourth-order valence-electron chi connectivity index (χ4n) is 4.10. The van der Waals surface area contributed by atoms with Crippen LogP contribution in [0.3, 0.4) is 0 Å². The van der Waals surface area contributed by atoms with E-state index in [2.05, 4.69) is 39.1 Å². The number of H-pyrrole nitrogens is 2. The van der Waals surface area contributed by atoms with Gasteiger partial charge in [0.2, 0.25) is 0 Å². The van der Waals surface area contributed by atoms with Gasteiger partial charge in [0.25, 0.3) is 0 Å². The molecule has 1 aliphatic carbocycles. The Balaban J connectivity index is 1.75. The summed E-state index contributed by atoms with van der Waals surface area (Å²) in [7, 11) is 0. The Hall–Kier alpha value is -3.41. The van der Waals surface area contributed by atoms with Gasteiger partial charge in [0.15, 0.2) is 11.4 Å². The van der Waals surface area contributed by atoms with E-state index in [9.17, 15) is 4.79 Å². The highest BCUT2D eigenvalue weighted by atomic mass is 16.1. The SMILES string of the molecule is CC1(C)CC(=O)c2c([nH]c(-c3ccnc4[nH]cnc34)c2Nc2ccccc2)C1. The van der Waals surface area contributed by atoms with Gasteiger partial charge in [0.1, 0.15) is 5.52 Å². The number of fused-ring (bicyclic) bond motifs is 2. The quantitative estimate of drug-likeness (QED) is 0.480. The first-order valence-electron chi connectivity index (χ1n) is 9.40. The van der Waals surface area contributed by atoms with Crippen molar-refractivity contribution in [2.75, 3.05) is 5.32 Å². The van der Waals surface area contributed by atoms with Crippen molar-refractivity contribution < 1.29 is 4.79 Å². The zero-order chi connectivity index (χ0) is 19.3. The van der Waals surface area contributed by atoms with Gasteiger partial charge in [-0.1, -0.05) is 32.0 Å². The molecule has 3 aromatic heterocycles. The number of imidazole rings is 1. The summed E-state index contributed by atoms with van der Waals surface area (Å²) < 4.78 is 0. The van der Waals surface area contributed by atoms with E-state index in [1.165, 1.54) is 0 Å². The lowest BCUT2D eigenvalue weighted by atomic mass is 9.76. The molecule has 6 nitrogen and oxygen atoms in total. The Labute approximate surface area is 162 Å². The molecule has 0 fully saturated rings. The minimum absolute atomic E-state index is 0.0594. The number of hydrogen-bond donors (Lipinski definition) is 3. The summed E-state index contributed by atoms with van der Waals surface area (Å²) in [4.78, 5) is 28.5. The summed E-state index contributed by atoms with van der Waals surface area (Å²) in [6.07, 6.45) is 4.76. The molecule has 4 aromatic rings. The van der Waals surface area contributed by atoms with Crippen molar-refractivity contribution in [2.45, 2.75) is 26.7 Å². The number of para-hydroxylation sites is 1. The minimum Gasteiger partial charge on any atom is -0.356 e. The molecule has 0 radical (unpaired) electrons. The van der Waals surface area contributed by atoms with Crippen LogP contribution in [0.25, 0.3) is 22.4 Å². The first-order valence-corrected chi connectivity index (χ1v) is 9.40. The van der Waals surface area contributed by atoms with E-state index in [1.54, 1.807) is 12.5 Å². The van der Waals surface area contributed by atoms with Gasteiger partial charge in [-0.15, -0.1) is 0 Å². The molecule has 0 aliphatic heterocycles. The second-order valence-corrected chi connectivity index (χ2v) is 8.12. The second kappa shape index (κ2) is 6.05. The van der Waals surface area contributed by atoms with Crippen molar-refractivity contribution >= 4 is 28.3 Å². The Morgan fingerprint density at radius 2 is 1.89 bits per heavy atom. The first-order chi connectivity index (χ1) is 13.5. The monoisotopic (exact) mass is 371 g/mol. The average Bonchev–Trinajstić information content (AvgIpc) is 3.26. The molecule has 28 heavy (non-hydrogen) atoms. The van der Waals surface area contributed by atoms with Crippen molar-refractivity contribution in [3.63, 3.8) is 0 Å². The first kappa shape index (κ1) is 16.7. The van der Waals surface area contributed by atoms with E-state index < -0.39 is 0 Å². The van der Waals surface area contributed by atoms with Crippen LogP contribution < -0.4 is 5.32 Å². The number of ketones is 1. The maximum absolute atomic E-state index is 13.1. The number of carbonyl (C=O) groups excluding carboxylic acids is 1. The normalized spacial score (nSPS) is 15.6. The highest BCUT2D eigenvalue weighted by Crippen LogP contribution is 2.44. The second-order valence-electron chi connectivity index (χ2n) is 8.12. The predicted octanol–water partition coefficient (Wildman–Crippen LogP) is 4.85. The van der Waals surface area contributed by atoms with Crippen molar-refractivity contribution in [3.8, 4) is 11.3 Å². The number of Topliss-reactive ketones (excluding diaryl/α,β-unsaturated/α-hetero) is 1. The van der Waals surface area contributed by atoms with Gasteiger partial charge >= 0.3 is 0 Å². The van der Waals surface area contributed by atoms with Gasteiger partial charge < -0.3 is 15.3 Å². The molecule has 5 rings (SSSR count). The van der Waals surface area contributed by atoms with E-state index in [4.69, 9.17) is 0 Å².